The Morgan fingerprint density at radius 3 is 2.69 bits per heavy atom. The van der Waals surface area contributed by atoms with Crippen LogP contribution in [0.1, 0.15) is 37.4 Å². The third kappa shape index (κ3) is 4.65. The molecule has 2 aromatic heterocycles. The summed E-state index contributed by atoms with van der Waals surface area (Å²) in [6, 6.07) is 9.90. The number of anilines is 1. The van der Waals surface area contributed by atoms with Crippen LogP contribution in [0, 0.1) is 18.8 Å². The number of pyridine rings is 1. The first-order valence-electron chi connectivity index (χ1n) is 10.4. The molecule has 0 amide bonds. The van der Waals surface area contributed by atoms with Crippen LogP contribution in [0.3, 0.4) is 0 Å². The molecular weight excluding hydrogens is 362 g/mol. The first kappa shape index (κ1) is 19.6. The van der Waals surface area contributed by atoms with Gasteiger partial charge in [-0.2, -0.15) is 0 Å². The van der Waals surface area contributed by atoms with Gasteiger partial charge in [0.1, 0.15) is 5.82 Å². The lowest BCUT2D eigenvalue weighted by Crippen LogP contribution is -2.38. The van der Waals surface area contributed by atoms with Gasteiger partial charge in [0, 0.05) is 31.5 Å². The van der Waals surface area contributed by atoms with E-state index in [1.807, 2.05) is 24.4 Å². The summed E-state index contributed by atoms with van der Waals surface area (Å²) in [7, 11) is 0. The number of aromatic amines is 1. The molecule has 0 spiro atoms. The van der Waals surface area contributed by atoms with Gasteiger partial charge in [0.2, 0.25) is 0 Å². The molecule has 3 heterocycles. The van der Waals surface area contributed by atoms with Crippen molar-refractivity contribution < 1.29 is 0 Å². The van der Waals surface area contributed by atoms with Gasteiger partial charge in [-0.1, -0.05) is 26.0 Å². The molecule has 1 aliphatic rings. The number of H-pyrrole nitrogens is 1. The summed E-state index contributed by atoms with van der Waals surface area (Å²) in [6.07, 6.45) is 3.30. The van der Waals surface area contributed by atoms with Crippen LogP contribution in [0.5, 0.6) is 0 Å². The van der Waals surface area contributed by atoms with Gasteiger partial charge in [-0.05, 0) is 48.9 Å². The zero-order valence-corrected chi connectivity index (χ0v) is 17.4. The summed E-state index contributed by atoms with van der Waals surface area (Å²) in [4.78, 5) is 26.7. The molecule has 0 saturated carbocycles. The predicted octanol–water partition coefficient (Wildman–Crippen LogP) is 3.72. The zero-order valence-electron chi connectivity index (χ0n) is 17.4. The average molecular weight is 392 g/mol. The van der Waals surface area contributed by atoms with Crippen molar-refractivity contribution in [3.8, 4) is 0 Å². The van der Waals surface area contributed by atoms with Crippen molar-refractivity contribution in [2.45, 2.75) is 40.3 Å². The van der Waals surface area contributed by atoms with E-state index < -0.39 is 0 Å². The lowest BCUT2D eigenvalue weighted by molar-refractivity contribution is 0.134. The van der Waals surface area contributed by atoms with E-state index in [1.165, 1.54) is 12.0 Å². The smallest absolute Gasteiger partial charge is 0.260 e. The summed E-state index contributed by atoms with van der Waals surface area (Å²) >= 11 is 0. The fourth-order valence-electron chi connectivity index (χ4n) is 4.47. The van der Waals surface area contributed by atoms with Crippen LogP contribution in [-0.2, 0) is 13.1 Å². The van der Waals surface area contributed by atoms with E-state index in [1.54, 1.807) is 6.92 Å². The monoisotopic (exact) mass is 391 g/mol. The average Bonchev–Trinajstić information content (AvgIpc) is 2.66. The molecule has 1 aromatic carbocycles. The number of fused-ring (bicyclic) bond motifs is 1. The number of rotatable bonds is 5. The SMILES string of the molecule is Cc1nc2cccc(NCc3ccc(CN4CC(C)CC(C)C4)cn3)c2c(=O)[nH]1. The molecule has 1 fully saturated rings. The molecule has 0 bridgehead atoms. The van der Waals surface area contributed by atoms with E-state index >= 15 is 0 Å². The molecule has 6 heteroatoms. The molecule has 2 atom stereocenters. The van der Waals surface area contributed by atoms with Gasteiger partial charge in [0.25, 0.3) is 5.56 Å². The Kier molecular flexibility index (Phi) is 5.62. The molecule has 0 aliphatic carbocycles. The largest absolute Gasteiger partial charge is 0.379 e. The fourth-order valence-corrected chi connectivity index (χ4v) is 4.47. The Balaban J connectivity index is 1.42. The minimum Gasteiger partial charge on any atom is -0.379 e. The summed E-state index contributed by atoms with van der Waals surface area (Å²) in [6.45, 7) is 10.3. The second kappa shape index (κ2) is 8.33. The highest BCUT2D eigenvalue weighted by atomic mass is 16.1. The van der Waals surface area contributed by atoms with E-state index in [0.29, 0.717) is 23.3 Å². The highest BCUT2D eigenvalue weighted by Gasteiger charge is 2.21. The Bertz CT molecular complexity index is 1030. The van der Waals surface area contributed by atoms with Crippen molar-refractivity contribution in [1.82, 2.24) is 19.9 Å². The van der Waals surface area contributed by atoms with E-state index in [-0.39, 0.29) is 5.56 Å². The maximum atomic E-state index is 12.4. The molecule has 2 unspecified atom stereocenters. The molecule has 1 aliphatic heterocycles. The number of hydrogen-bond donors (Lipinski definition) is 2. The van der Waals surface area contributed by atoms with Crippen molar-refractivity contribution in [1.29, 1.82) is 0 Å². The van der Waals surface area contributed by atoms with Crippen LogP contribution in [0.2, 0.25) is 0 Å². The number of aryl methyl sites for hydroxylation is 1. The Morgan fingerprint density at radius 2 is 1.97 bits per heavy atom. The Hall–Kier alpha value is -2.73. The van der Waals surface area contributed by atoms with Crippen LogP contribution < -0.4 is 10.9 Å². The van der Waals surface area contributed by atoms with Gasteiger partial charge in [0.05, 0.1) is 23.1 Å². The topological polar surface area (TPSA) is 73.9 Å². The van der Waals surface area contributed by atoms with Crippen LogP contribution in [0.25, 0.3) is 10.9 Å². The molecule has 2 N–H and O–H groups in total. The molecule has 0 radical (unpaired) electrons. The number of piperidine rings is 1. The number of nitrogens with zero attached hydrogens (tertiary/aromatic N) is 3. The van der Waals surface area contributed by atoms with Gasteiger partial charge in [-0.3, -0.25) is 14.7 Å². The van der Waals surface area contributed by atoms with Crippen molar-refractivity contribution in [3.63, 3.8) is 0 Å². The molecule has 152 valence electrons. The van der Waals surface area contributed by atoms with Crippen molar-refractivity contribution in [2.24, 2.45) is 11.8 Å². The van der Waals surface area contributed by atoms with E-state index in [9.17, 15) is 4.79 Å². The Labute approximate surface area is 171 Å². The first-order chi connectivity index (χ1) is 14.0. The van der Waals surface area contributed by atoms with Crippen LogP contribution in [0.4, 0.5) is 5.69 Å². The lowest BCUT2D eigenvalue weighted by atomic mass is 9.92. The third-order valence-electron chi connectivity index (χ3n) is 5.55. The molecule has 6 nitrogen and oxygen atoms in total. The summed E-state index contributed by atoms with van der Waals surface area (Å²) < 4.78 is 0. The normalized spacial score (nSPS) is 20.1. The molecule has 4 rings (SSSR count). The summed E-state index contributed by atoms with van der Waals surface area (Å²) in [5.41, 5.74) is 3.55. The van der Waals surface area contributed by atoms with E-state index in [4.69, 9.17) is 0 Å². The maximum Gasteiger partial charge on any atom is 0.260 e. The van der Waals surface area contributed by atoms with Gasteiger partial charge in [-0.25, -0.2) is 4.98 Å². The molecule has 3 aromatic rings. The zero-order chi connectivity index (χ0) is 20.4. The number of aromatic nitrogens is 3. The minimum atomic E-state index is -0.121. The van der Waals surface area contributed by atoms with E-state index in [2.05, 4.69) is 51.1 Å². The van der Waals surface area contributed by atoms with Crippen molar-refractivity contribution >= 4 is 16.6 Å². The molecule has 29 heavy (non-hydrogen) atoms. The van der Waals surface area contributed by atoms with Crippen LogP contribution in [0.15, 0.2) is 41.3 Å². The van der Waals surface area contributed by atoms with Gasteiger partial charge in [0.15, 0.2) is 0 Å². The van der Waals surface area contributed by atoms with E-state index in [0.717, 1.165) is 42.9 Å². The number of likely N-dealkylation sites (tertiary alicyclic amines) is 1. The van der Waals surface area contributed by atoms with Crippen molar-refractivity contribution in [3.05, 3.63) is 64.0 Å². The number of nitrogens with one attached hydrogen (secondary N) is 2. The maximum absolute atomic E-state index is 12.4. The van der Waals surface area contributed by atoms with Crippen LogP contribution >= 0.6 is 0 Å². The molecule has 1 saturated heterocycles. The predicted molar refractivity (Wildman–Crippen MR) is 117 cm³/mol. The second-order valence-corrected chi connectivity index (χ2v) is 8.50. The number of hydrogen-bond acceptors (Lipinski definition) is 5. The van der Waals surface area contributed by atoms with Gasteiger partial charge >= 0.3 is 0 Å². The van der Waals surface area contributed by atoms with Crippen molar-refractivity contribution in [2.75, 3.05) is 18.4 Å². The minimum absolute atomic E-state index is 0.121. The highest BCUT2D eigenvalue weighted by molar-refractivity contribution is 5.90. The third-order valence-corrected chi connectivity index (χ3v) is 5.55. The van der Waals surface area contributed by atoms with Gasteiger partial charge in [-0.15, -0.1) is 0 Å². The quantitative estimate of drug-likeness (QED) is 0.693. The van der Waals surface area contributed by atoms with Gasteiger partial charge < -0.3 is 10.3 Å². The number of benzene rings is 1. The lowest BCUT2D eigenvalue weighted by Gasteiger charge is -2.34. The molecular formula is C23H29N5O. The standard InChI is InChI=1S/C23H29N5O/c1-15-9-16(2)13-28(12-15)14-18-7-8-19(24-10-18)11-25-20-5-4-6-21-22(20)23(29)27-17(3)26-21/h4-8,10,15-16,25H,9,11-14H2,1-3H3,(H,26,27,29). The first-order valence-corrected chi connectivity index (χ1v) is 10.4. The Morgan fingerprint density at radius 1 is 1.17 bits per heavy atom. The summed E-state index contributed by atoms with van der Waals surface area (Å²) in [5.74, 6) is 2.14. The second-order valence-electron chi connectivity index (χ2n) is 8.50. The fraction of sp³-hybridized carbons (Fsp3) is 0.435. The highest BCUT2D eigenvalue weighted by Crippen LogP contribution is 2.22. The van der Waals surface area contributed by atoms with Crippen LogP contribution in [-0.4, -0.2) is 32.9 Å². The summed E-state index contributed by atoms with van der Waals surface area (Å²) in [5, 5.41) is 3.93.